The summed E-state index contributed by atoms with van der Waals surface area (Å²) in [6.45, 7) is 3.14. The normalized spacial score (nSPS) is 23.2. The second-order valence-electron chi connectivity index (χ2n) is 5.85. The quantitative estimate of drug-likeness (QED) is 0.683. The van der Waals surface area contributed by atoms with Gasteiger partial charge in [-0.25, -0.2) is 0 Å². The van der Waals surface area contributed by atoms with E-state index in [1.165, 1.54) is 5.56 Å². The summed E-state index contributed by atoms with van der Waals surface area (Å²) in [5, 5.41) is 22.6. The first kappa shape index (κ1) is 16.3. The molecule has 0 heterocycles. The molecular formula is C17H27NO3. The largest absolute Gasteiger partial charge is 0.491 e. The standard InChI is InChI=1S/C17H27NO3/c1-2-13-6-8-16(9-7-13)21-12-15(20)10-18-17-5-3-4-14(17)11-19/h6-9,14-15,17-20H,2-5,10-12H2,1H3. The van der Waals surface area contributed by atoms with Crippen LogP contribution in [0, 0.1) is 5.92 Å². The van der Waals surface area contributed by atoms with E-state index in [9.17, 15) is 10.2 Å². The zero-order valence-electron chi connectivity index (χ0n) is 12.8. The molecule has 0 amide bonds. The average molecular weight is 293 g/mol. The third-order valence-electron chi connectivity index (χ3n) is 4.28. The van der Waals surface area contributed by atoms with E-state index in [1.54, 1.807) is 0 Å². The fourth-order valence-electron chi connectivity index (χ4n) is 2.88. The Bertz CT molecular complexity index is 407. The van der Waals surface area contributed by atoms with E-state index in [0.29, 0.717) is 18.5 Å². The van der Waals surface area contributed by atoms with Crippen molar-refractivity contribution in [3.05, 3.63) is 29.8 Å². The Balaban J connectivity index is 1.68. The molecule has 4 nitrogen and oxygen atoms in total. The van der Waals surface area contributed by atoms with Crippen LogP contribution < -0.4 is 10.1 Å². The molecule has 3 atom stereocenters. The molecule has 3 unspecified atom stereocenters. The van der Waals surface area contributed by atoms with E-state index in [0.717, 1.165) is 31.4 Å². The van der Waals surface area contributed by atoms with Crippen molar-refractivity contribution in [2.75, 3.05) is 19.8 Å². The van der Waals surface area contributed by atoms with E-state index in [4.69, 9.17) is 4.74 Å². The maximum Gasteiger partial charge on any atom is 0.119 e. The van der Waals surface area contributed by atoms with Gasteiger partial charge in [0.2, 0.25) is 0 Å². The summed E-state index contributed by atoms with van der Waals surface area (Å²) in [6.07, 6.45) is 3.79. The molecule has 1 aromatic carbocycles. The van der Waals surface area contributed by atoms with Crippen molar-refractivity contribution in [3.8, 4) is 5.75 Å². The van der Waals surface area contributed by atoms with Crippen molar-refractivity contribution in [1.82, 2.24) is 5.32 Å². The molecule has 0 aliphatic heterocycles. The van der Waals surface area contributed by atoms with Crippen molar-refractivity contribution < 1.29 is 14.9 Å². The molecule has 1 saturated carbocycles. The van der Waals surface area contributed by atoms with Crippen LogP contribution in [0.1, 0.15) is 31.7 Å². The van der Waals surface area contributed by atoms with Gasteiger partial charge >= 0.3 is 0 Å². The fraction of sp³-hybridized carbons (Fsp3) is 0.647. The molecule has 0 spiro atoms. The van der Waals surface area contributed by atoms with E-state index in [1.807, 2.05) is 24.3 Å². The fourth-order valence-corrected chi connectivity index (χ4v) is 2.88. The maximum atomic E-state index is 9.98. The summed E-state index contributed by atoms with van der Waals surface area (Å²) < 4.78 is 5.60. The smallest absolute Gasteiger partial charge is 0.119 e. The highest BCUT2D eigenvalue weighted by Gasteiger charge is 2.26. The van der Waals surface area contributed by atoms with Crippen LogP contribution in [0.5, 0.6) is 5.75 Å². The molecule has 21 heavy (non-hydrogen) atoms. The van der Waals surface area contributed by atoms with Crippen LogP contribution in [0.3, 0.4) is 0 Å². The Morgan fingerprint density at radius 1 is 1.29 bits per heavy atom. The van der Waals surface area contributed by atoms with Gasteiger partial charge in [0, 0.05) is 19.2 Å². The van der Waals surface area contributed by atoms with Crippen LogP contribution in [0.2, 0.25) is 0 Å². The van der Waals surface area contributed by atoms with Crippen molar-refractivity contribution >= 4 is 0 Å². The van der Waals surface area contributed by atoms with E-state index >= 15 is 0 Å². The lowest BCUT2D eigenvalue weighted by Gasteiger charge is -2.21. The second-order valence-corrected chi connectivity index (χ2v) is 5.85. The number of hydrogen-bond donors (Lipinski definition) is 3. The molecular weight excluding hydrogens is 266 g/mol. The molecule has 1 aromatic rings. The molecule has 0 radical (unpaired) electrons. The summed E-state index contributed by atoms with van der Waals surface area (Å²) in [7, 11) is 0. The Hall–Kier alpha value is -1.10. The van der Waals surface area contributed by atoms with Gasteiger partial charge in [-0.1, -0.05) is 25.5 Å². The van der Waals surface area contributed by atoms with Crippen LogP contribution in [0.15, 0.2) is 24.3 Å². The van der Waals surface area contributed by atoms with Gasteiger partial charge in [-0.05, 0) is 42.9 Å². The molecule has 0 saturated heterocycles. The zero-order valence-corrected chi connectivity index (χ0v) is 12.8. The monoisotopic (exact) mass is 293 g/mol. The zero-order chi connectivity index (χ0) is 15.1. The summed E-state index contributed by atoms with van der Waals surface area (Å²) in [5.74, 6) is 1.13. The molecule has 1 aliphatic rings. The summed E-state index contributed by atoms with van der Waals surface area (Å²) >= 11 is 0. The summed E-state index contributed by atoms with van der Waals surface area (Å²) in [4.78, 5) is 0. The minimum absolute atomic E-state index is 0.230. The number of aliphatic hydroxyl groups excluding tert-OH is 2. The highest BCUT2D eigenvalue weighted by molar-refractivity contribution is 5.27. The number of ether oxygens (including phenoxy) is 1. The maximum absolute atomic E-state index is 9.98. The molecule has 2 rings (SSSR count). The van der Waals surface area contributed by atoms with Gasteiger partial charge in [0.05, 0.1) is 0 Å². The third-order valence-corrected chi connectivity index (χ3v) is 4.28. The number of benzene rings is 1. The first-order valence-corrected chi connectivity index (χ1v) is 7.97. The number of aryl methyl sites for hydroxylation is 1. The van der Waals surface area contributed by atoms with Crippen LogP contribution in [-0.4, -0.2) is 42.1 Å². The summed E-state index contributed by atoms with van der Waals surface area (Å²) in [5.41, 5.74) is 1.28. The van der Waals surface area contributed by atoms with Crippen molar-refractivity contribution in [3.63, 3.8) is 0 Å². The van der Waals surface area contributed by atoms with Gasteiger partial charge in [0.25, 0.3) is 0 Å². The lowest BCUT2D eigenvalue weighted by atomic mass is 10.1. The summed E-state index contributed by atoms with van der Waals surface area (Å²) in [6, 6.07) is 8.30. The van der Waals surface area contributed by atoms with E-state index in [-0.39, 0.29) is 13.2 Å². The first-order valence-electron chi connectivity index (χ1n) is 7.97. The molecule has 3 N–H and O–H groups in total. The van der Waals surface area contributed by atoms with E-state index < -0.39 is 6.10 Å². The molecule has 0 aromatic heterocycles. The highest BCUT2D eigenvalue weighted by atomic mass is 16.5. The number of nitrogens with one attached hydrogen (secondary N) is 1. The number of rotatable bonds is 8. The van der Waals surface area contributed by atoms with Gasteiger partial charge in [0.1, 0.15) is 18.5 Å². The van der Waals surface area contributed by atoms with Gasteiger partial charge in [-0.15, -0.1) is 0 Å². The van der Waals surface area contributed by atoms with Crippen LogP contribution in [0.25, 0.3) is 0 Å². The van der Waals surface area contributed by atoms with Gasteiger partial charge in [-0.3, -0.25) is 0 Å². The Labute approximate surface area is 127 Å². The SMILES string of the molecule is CCc1ccc(OCC(O)CNC2CCCC2CO)cc1. The van der Waals surface area contributed by atoms with Crippen LogP contribution >= 0.6 is 0 Å². The van der Waals surface area contributed by atoms with Crippen LogP contribution in [-0.2, 0) is 6.42 Å². The Morgan fingerprint density at radius 3 is 2.71 bits per heavy atom. The highest BCUT2D eigenvalue weighted by Crippen LogP contribution is 2.24. The second kappa shape index (κ2) is 8.37. The third kappa shape index (κ3) is 4.99. The number of hydrogen-bond acceptors (Lipinski definition) is 4. The van der Waals surface area contributed by atoms with Crippen LogP contribution in [0.4, 0.5) is 0 Å². The van der Waals surface area contributed by atoms with Crippen molar-refractivity contribution in [2.45, 2.75) is 44.8 Å². The number of aliphatic hydroxyl groups is 2. The average Bonchev–Trinajstić information content (AvgIpc) is 2.99. The predicted molar refractivity (Wildman–Crippen MR) is 83.5 cm³/mol. The molecule has 1 aliphatic carbocycles. The van der Waals surface area contributed by atoms with Gasteiger partial charge < -0.3 is 20.3 Å². The van der Waals surface area contributed by atoms with Crippen molar-refractivity contribution in [2.24, 2.45) is 5.92 Å². The molecule has 1 fully saturated rings. The molecule has 4 heteroatoms. The Kier molecular flexibility index (Phi) is 6.49. The Morgan fingerprint density at radius 2 is 2.05 bits per heavy atom. The minimum Gasteiger partial charge on any atom is -0.491 e. The molecule has 0 bridgehead atoms. The van der Waals surface area contributed by atoms with E-state index in [2.05, 4.69) is 12.2 Å². The first-order chi connectivity index (χ1) is 10.2. The lowest BCUT2D eigenvalue weighted by molar-refractivity contribution is 0.0992. The van der Waals surface area contributed by atoms with Crippen molar-refractivity contribution in [1.29, 1.82) is 0 Å². The van der Waals surface area contributed by atoms with Gasteiger partial charge in [-0.2, -0.15) is 0 Å². The topological polar surface area (TPSA) is 61.7 Å². The minimum atomic E-state index is -0.532. The van der Waals surface area contributed by atoms with Gasteiger partial charge in [0.15, 0.2) is 0 Å². The lowest BCUT2D eigenvalue weighted by Crippen LogP contribution is -2.40. The molecule has 118 valence electrons. The predicted octanol–water partition coefficient (Wildman–Crippen LogP) is 1.74.